The van der Waals surface area contributed by atoms with Crippen molar-refractivity contribution in [2.24, 2.45) is 0 Å². The number of rotatable bonds is 9. The molecular weight excluding hydrogens is 243 g/mol. The first kappa shape index (κ1) is 16.1. The minimum Gasteiger partial charge on any atom is -0.383 e. The first-order valence-corrected chi connectivity index (χ1v) is 6.92. The van der Waals surface area contributed by atoms with Crippen molar-refractivity contribution in [3.05, 3.63) is 35.6 Å². The van der Waals surface area contributed by atoms with Crippen molar-refractivity contribution in [3.63, 3.8) is 0 Å². The average Bonchev–Trinajstić information content (AvgIpc) is 2.43. The molecule has 0 radical (unpaired) electrons. The Kier molecular flexibility index (Phi) is 7.63. The van der Waals surface area contributed by atoms with E-state index in [0.717, 1.165) is 31.7 Å². The van der Waals surface area contributed by atoms with Crippen LogP contribution in [0.3, 0.4) is 0 Å². The highest BCUT2D eigenvalue weighted by Gasteiger charge is 2.17. The molecule has 0 fully saturated rings. The summed E-state index contributed by atoms with van der Waals surface area (Å²) in [4.78, 5) is 2.27. The van der Waals surface area contributed by atoms with E-state index >= 15 is 0 Å². The number of nitrogens with one attached hydrogen (secondary N) is 1. The van der Waals surface area contributed by atoms with Crippen molar-refractivity contribution in [1.29, 1.82) is 0 Å². The molecule has 1 aromatic rings. The lowest BCUT2D eigenvalue weighted by Gasteiger charge is -2.27. The summed E-state index contributed by atoms with van der Waals surface area (Å²) >= 11 is 0. The van der Waals surface area contributed by atoms with Crippen LogP contribution in [0.4, 0.5) is 4.39 Å². The van der Waals surface area contributed by atoms with Crippen molar-refractivity contribution in [3.8, 4) is 0 Å². The van der Waals surface area contributed by atoms with Crippen LogP contribution in [0.2, 0.25) is 0 Å². The fourth-order valence-electron chi connectivity index (χ4n) is 2.13. The van der Waals surface area contributed by atoms with E-state index in [1.54, 1.807) is 13.2 Å². The van der Waals surface area contributed by atoms with E-state index in [1.807, 2.05) is 19.1 Å². The summed E-state index contributed by atoms with van der Waals surface area (Å²) in [6.07, 6.45) is 0. The van der Waals surface area contributed by atoms with Crippen LogP contribution < -0.4 is 5.32 Å². The molecule has 0 heterocycles. The number of halogens is 1. The highest BCUT2D eigenvalue weighted by atomic mass is 19.1. The number of likely N-dealkylation sites (N-methyl/N-ethyl adjacent to an activating group) is 2. The Morgan fingerprint density at radius 3 is 2.63 bits per heavy atom. The smallest absolute Gasteiger partial charge is 0.128 e. The van der Waals surface area contributed by atoms with Gasteiger partial charge in [-0.1, -0.05) is 32.0 Å². The number of hydrogen-bond donors (Lipinski definition) is 1. The van der Waals surface area contributed by atoms with Crippen LogP contribution in [0.15, 0.2) is 24.3 Å². The Morgan fingerprint density at radius 1 is 1.32 bits per heavy atom. The van der Waals surface area contributed by atoms with E-state index in [4.69, 9.17) is 4.74 Å². The molecule has 0 saturated carbocycles. The minimum atomic E-state index is -0.142. The van der Waals surface area contributed by atoms with Gasteiger partial charge in [-0.2, -0.15) is 0 Å². The third kappa shape index (κ3) is 5.27. The molecule has 1 N–H and O–H groups in total. The fraction of sp³-hybridized carbons (Fsp3) is 0.600. The van der Waals surface area contributed by atoms with E-state index < -0.39 is 0 Å². The lowest BCUT2D eigenvalue weighted by molar-refractivity contribution is 0.144. The molecule has 4 heteroatoms. The second-order valence-corrected chi connectivity index (χ2v) is 4.52. The third-order valence-corrected chi connectivity index (χ3v) is 3.23. The molecule has 0 saturated heterocycles. The van der Waals surface area contributed by atoms with E-state index in [-0.39, 0.29) is 11.9 Å². The van der Waals surface area contributed by atoms with E-state index in [0.29, 0.717) is 6.61 Å². The number of nitrogens with zero attached hydrogens (tertiary/aromatic N) is 1. The molecular formula is C15H25FN2O. The number of ether oxygens (including phenoxy) is 1. The molecule has 1 unspecified atom stereocenters. The van der Waals surface area contributed by atoms with Crippen LogP contribution in [0.1, 0.15) is 25.5 Å². The Hall–Kier alpha value is -0.970. The second kappa shape index (κ2) is 9.02. The van der Waals surface area contributed by atoms with Gasteiger partial charge in [0.25, 0.3) is 0 Å². The molecule has 0 aromatic heterocycles. The zero-order chi connectivity index (χ0) is 14.1. The van der Waals surface area contributed by atoms with Crippen molar-refractivity contribution >= 4 is 0 Å². The van der Waals surface area contributed by atoms with E-state index in [9.17, 15) is 4.39 Å². The van der Waals surface area contributed by atoms with Crippen LogP contribution in [-0.4, -0.2) is 44.8 Å². The molecule has 0 bridgehead atoms. The molecule has 1 rings (SSSR count). The molecule has 1 aromatic carbocycles. The SMILES string of the molecule is CCNC(CN(CC)CCOC)c1ccccc1F. The first-order valence-electron chi connectivity index (χ1n) is 6.92. The van der Waals surface area contributed by atoms with Crippen LogP contribution >= 0.6 is 0 Å². The predicted octanol–water partition coefficient (Wildman–Crippen LogP) is 2.44. The Labute approximate surface area is 115 Å². The van der Waals surface area contributed by atoms with Crippen molar-refractivity contribution < 1.29 is 9.13 Å². The quantitative estimate of drug-likeness (QED) is 0.744. The lowest BCUT2D eigenvalue weighted by atomic mass is 10.1. The number of hydrogen-bond acceptors (Lipinski definition) is 3. The van der Waals surface area contributed by atoms with Crippen molar-refractivity contribution in [2.75, 3.05) is 39.9 Å². The van der Waals surface area contributed by atoms with Gasteiger partial charge in [0, 0.05) is 31.8 Å². The van der Waals surface area contributed by atoms with Gasteiger partial charge in [-0.15, -0.1) is 0 Å². The molecule has 0 amide bonds. The molecule has 0 spiro atoms. The molecule has 3 nitrogen and oxygen atoms in total. The normalized spacial score (nSPS) is 12.9. The summed E-state index contributed by atoms with van der Waals surface area (Å²) in [5, 5.41) is 3.36. The number of benzene rings is 1. The van der Waals surface area contributed by atoms with Gasteiger partial charge in [0.2, 0.25) is 0 Å². The molecule has 108 valence electrons. The Balaban J connectivity index is 2.74. The van der Waals surface area contributed by atoms with Gasteiger partial charge < -0.3 is 10.1 Å². The van der Waals surface area contributed by atoms with Gasteiger partial charge in [0.1, 0.15) is 5.82 Å². The summed E-state index contributed by atoms with van der Waals surface area (Å²) < 4.78 is 19.0. The molecule has 0 aliphatic carbocycles. The second-order valence-electron chi connectivity index (χ2n) is 4.52. The maximum atomic E-state index is 13.9. The van der Waals surface area contributed by atoms with Gasteiger partial charge in [-0.25, -0.2) is 4.39 Å². The first-order chi connectivity index (χ1) is 9.22. The van der Waals surface area contributed by atoms with Gasteiger partial charge in [0.15, 0.2) is 0 Å². The predicted molar refractivity (Wildman–Crippen MR) is 76.8 cm³/mol. The Morgan fingerprint density at radius 2 is 2.05 bits per heavy atom. The van der Waals surface area contributed by atoms with Crippen molar-refractivity contribution in [2.45, 2.75) is 19.9 Å². The van der Waals surface area contributed by atoms with Crippen molar-refractivity contribution in [1.82, 2.24) is 10.2 Å². The summed E-state index contributed by atoms with van der Waals surface area (Å²) in [5.74, 6) is -0.142. The van der Waals surface area contributed by atoms with Crippen LogP contribution in [0.25, 0.3) is 0 Å². The molecule has 1 atom stereocenters. The molecule has 19 heavy (non-hydrogen) atoms. The highest BCUT2D eigenvalue weighted by Crippen LogP contribution is 2.18. The standard InChI is InChI=1S/C15H25FN2O/c1-4-17-15(12-18(5-2)10-11-19-3)13-8-6-7-9-14(13)16/h6-9,15,17H,4-5,10-12H2,1-3H3. The van der Waals surface area contributed by atoms with Crippen LogP contribution in [0, 0.1) is 5.82 Å². The van der Waals surface area contributed by atoms with E-state index in [1.165, 1.54) is 6.07 Å². The summed E-state index contributed by atoms with van der Waals surface area (Å²) in [6.45, 7) is 8.25. The summed E-state index contributed by atoms with van der Waals surface area (Å²) in [7, 11) is 1.70. The fourth-order valence-corrected chi connectivity index (χ4v) is 2.13. The molecule has 0 aliphatic heterocycles. The minimum absolute atomic E-state index is 0.0167. The van der Waals surface area contributed by atoms with E-state index in [2.05, 4.69) is 17.1 Å². The topological polar surface area (TPSA) is 24.5 Å². The summed E-state index contributed by atoms with van der Waals surface area (Å²) in [5.41, 5.74) is 0.736. The summed E-state index contributed by atoms with van der Waals surface area (Å²) in [6, 6.07) is 7.00. The Bertz CT molecular complexity index is 360. The zero-order valence-corrected chi connectivity index (χ0v) is 12.2. The number of methoxy groups -OCH3 is 1. The van der Waals surface area contributed by atoms with Gasteiger partial charge in [-0.3, -0.25) is 4.90 Å². The average molecular weight is 268 g/mol. The van der Waals surface area contributed by atoms with Gasteiger partial charge >= 0.3 is 0 Å². The largest absolute Gasteiger partial charge is 0.383 e. The third-order valence-electron chi connectivity index (χ3n) is 3.23. The van der Waals surface area contributed by atoms with Crippen LogP contribution in [0.5, 0.6) is 0 Å². The zero-order valence-electron chi connectivity index (χ0n) is 12.2. The maximum absolute atomic E-state index is 13.9. The molecule has 0 aliphatic rings. The lowest BCUT2D eigenvalue weighted by Crippen LogP contribution is -2.37. The monoisotopic (exact) mass is 268 g/mol. The van der Waals surface area contributed by atoms with Gasteiger partial charge in [-0.05, 0) is 19.2 Å². The maximum Gasteiger partial charge on any atom is 0.128 e. The van der Waals surface area contributed by atoms with Crippen LogP contribution in [-0.2, 0) is 4.74 Å². The highest BCUT2D eigenvalue weighted by molar-refractivity contribution is 5.21. The van der Waals surface area contributed by atoms with Gasteiger partial charge in [0.05, 0.1) is 6.61 Å².